The first-order valence-electron chi connectivity index (χ1n) is 16.2. The van der Waals surface area contributed by atoms with E-state index >= 15 is 0 Å². The molecule has 0 aromatic heterocycles. The normalized spacial score (nSPS) is 12.7. The largest absolute Gasteiger partial charge is 0.311 e. The van der Waals surface area contributed by atoms with Crippen molar-refractivity contribution in [3.63, 3.8) is 0 Å². The number of para-hydroxylation sites is 4. The summed E-state index contributed by atoms with van der Waals surface area (Å²) in [5.41, 5.74) is 15.8. The van der Waals surface area contributed by atoms with E-state index in [1.165, 1.54) is 50.4 Å². The fraction of sp³-hybridized carbons (Fsp3) is 0.0233. The Morgan fingerprint density at radius 3 is 1.40 bits per heavy atom. The van der Waals surface area contributed by atoms with Crippen LogP contribution >= 0.6 is 0 Å². The topological polar surface area (TPSA) is 9.72 Å². The second-order valence-corrected chi connectivity index (χ2v) is 12.3. The van der Waals surface area contributed by atoms with Crippen LogP contribution in [0.4, 0.5) is 51.2 Å². The predicted molar refractivity (Wildman–Crippen MR) is 200 cm³/mol. The third kappa shape index (κ3) is 4.45. The molecule has 0 amide bonds. The van der Waals surface area contributed by atoms with Crippen LogP contribution in [0.5, 0.6) is 0 Å². The molecule has 4 heteroatoms. The molecule has 0 aliphatic carbocycles. The summed E-state index contributed by atoms with van der Waals surface area (Å²) >= 11 is 0. The lowest BCUT2D eigenvalue weighted by molar-refractivity contribution is 1.24. The van der Waals surface area contributed by atoms with Gasteiger partial charge in [-0.05, 0) is 108 Å². The molecule has 0 saturated carbocycles. The van der Waals surface area contributed by atoms with Gasteiger partial charge in [0.2, 0.25) is 0 Å². The highest BCUT2D eigenvalue weighted by Crippen LogP contribution is 2.45. The Morgan fingerprint density at radius 2 is 0.872 bits per heavy atom. The molecule has 9 rings (SSSR count). The van der Waals surface area contributed by atoms with Gasteiger partial charge in [-0.15, -0.1) is 0 Å². The van der Waals surface area contributed by atoms with Gasteiger partial charge in [-0.2, -0.15) is 0 Å². The van der Waals surface area contributed by atoms with Gasteiger partial charge >= 0.3 is 0 Å². The molecule has 7 aromatic carbocycles. The quantitative estimate of drug-likeness (QED) is 0.182. The van der Waals surface area contributed by atoms with Gasteiger partial charge in [0.15, 0.2) is 0 Å². The van der Waals surface area contributed by atoms with E-state index in [4.69, 9.17) is 0 Å². The Labute approximate surface area is 276 Å². The molecule has 0 spiro atoms. The van der Waals surface area contributed by atoms with Crippen LogP contribution in [0.2, 0.25) is 0 Å². The van der Waals surface area contributed by atoms with Crippen LogP contribution in [-0.2, 0) is 0 Å². The molecule has 0 atom stereocenters. The smallest absolute Gasteiger partial charge is 0.252 e. The van der Waals surface area contributed by atoms with Gasteiger partial charge in [-0.1, -0.05) is 97.1 Å². The van der Waals surface area contributed by atoms with Crippen molar-refractivity contribution in [1.29, 1.82) is 0 Å². The number of nitrogens with zero attached hydrogens (tertiary/aromatic N) is 3. The Kier molecular flexibility index (Phi) is 6.46. The van der Waals surface area contributed by atoms with Crippen LogP contribution in [0.25, 0.3) is 0 Å². The summed E-state index contributed by atoms with van der Waals surface area (Å²) in [4.78, 5) is 7.27. The molecule has 47 heavy (non-hydrogen) atoms. The Morgan fingerprint density at radius 1 is 0.404 bits per heavy atom. The van der Waals surface area contributed by atoms with E-state index in [1.54, 1.807) is 0 Å². The summed E-state index contributed by atoms with van der Waals surface area (Å²) in [5.74, 6) is 0. The molecule has 2 heterocycles. The molecule has 0 unspecified atom stereocenters. The van der Waals surface area contributed by atoms with E-state index in [0.29, 0.717) is 0 Å². The zero-order valence-electron chi connectivity index (χ0n) is 26.2. The van der Waals surface area contributed by atoms with Crippen molar-refractivity contribution in [1.82, 2.24) is 0 Å². The molecule has 0 bridgehead atoms. The van der Waals surface area contributed by atoms with Gasteiger partial charge in [0.25, 0.3) is 6.71 Å². The van der Waals surface area contributed by atoms with Crippen molar-refractivity contribution >= 4 is 74.3 Å². The SMILES string of the molecule is Cc1ccc2c(c1)N(c1ccccc1)c1cccc3c1B2c1ccc(N(c2ccccc2)c2ccccc2)cc1N3c1ccccc1. The van der Waals surface area contributed by atoms with Crippen LogP contribution in [0.1, 0.15) is 5.56 Å². The van der Waals surface area contributed by atoms with Gasteiger partial charge in [0.05, 0.1) is 0 Å². The number of rotatable bonds is 5. The number of hydrogen-bond donors (Lipinski definition) is 0. The van der Waals surface area contributed by atoms with Crippen LogP contribution < -0.4 is 31.1 Å². The average molecular weight is 602 g/mol. The molecular formula is C43H32BN3. The molecule has 222 valence electrons. The second kappa shape index (κ2) is 11.1. The van der Waals surface area contributed by atoms with Gasteiger partial charge in [0, 0.05) is 51.2 Å². The standard InChI is InChI=1S/C43H32BN3/c1-31-25-27-37-41(29-31)46(34-19-10-4-11-20-34)39-23-14-24-40-43(39)44(37)38-28-26-36(30-42(38)47(40)35-21-12-5-13-22-35)45(32-15-6-2-7-16-32)33-17-8-3-9-18-33/h2-30H,1H3. The van der Waals surface area contributed by atoms with Crippen LogP contribution in [-0.4, -0.2) is 6.71 Å². The first kappa shape index (κ1) is 27.3. The molecule has 0 fully saturated rings. The number of fused-ring (bicyclic) bond motifs is 4. The van der Waals surface area contributed by atoms with Gasteiger partial charge in [-0.3, -0.25) is 0 Å². The van der Waals surface area contributed by atoms with Crippen molar-refractivity contribution in [2.45, 2.75) is 6.92 Å². The Hall–Kier alpha value is -6.00. The first-order valence-corrected chi connectivity index (χ1v) is 16.2. The van der Waals surface area contributed by atoms with Crippen molar-refractivity contribution in [2.75, 3.05) is 14.7 Å². The number of hydrogen-bond acceptors (Lipinski definition) is 3. The predicted octanol–water partition coefficient (Wildman–Crippen LogP) is 9.55. The second-order valence-electron chi connectivity index (χ2n) is 12.3. The first-order chi connectivity index (χ1) is 23.3. The highest BCUT2D eigenvalue weighted by Gasteiger charge is 2.43. The van der Waals surface area contributed by atoms with Crippen molar-refractivity contribution in [3.8, 4) is 0 Å². The molecule has 2 aliphatic heterocycles. The molecule has 0 radical (unpaired) electrons. The van der Waals surface area contributed by atoms with E-state index in [2.05, 4.69) is 198 Å². The van der Waals surface area contributed by atoms with E-state index in [1.807, 2.05) is 0 Å². The van der Waals surface area contributed by atoms with Crippen molar-refractivity contribution < 1.29 is 0 Å². The summed E-state index contributed by atoms with van der Waals surface area (Å²) in [5, 5.41) is 0. The summed E-state index contributed by atoms with van der Waals surface area (Å²) in [7, 11) is 0. The fourth-order valence-electron chi connectivity index (χ4n) is 7.48. The molecular weight excluding hydrogens is 569 g/mol. The maximum atomic E-state index is 2.46. The highest BCUT2D eigenvalue weighted by molar-refractivity contribution is 7.00. The van der Waals surface area contributed by atoms with E-state index in [-0.39, 0.29) is 6.71 Å². The summed E-state index contributed by atoms with van der Waals surface area (Å²) in [6.45, 7) is 2.28. The molecule has 0 saturated heterocycles. The molecule has 2 aliphatic rings. The summed E-state index contributed by atoms with van der Waals surface area (Å²) in [6, 6.07) is 63.7. The summed E-state index contributed by atoms with van der Waals surface area (Å²) in [6.07, 6.45) is 0. The minimum absolute atomic E-state index is 0.0858. The van der Waals surface area contributed by atoms with Crippen molar-refractivity contribution in [3.05, 3.63) is 181 Å². The van der Waals surface area contributed by atoms with E-state index < -0.39 is 0 Å². The zero-order chi connectivity index (χ0) is 31.3. The maximum Gasteiger partial charge on any atom is 0.252 e. The van der Waals surface area contributed by atoms with Gasteiger partial charge < -0.3 is 14.7 Å². The van der Waals surface area contributed by atoms with E-state index in [9.17, 15) is 0 Å². The number of aryl methyl sites for hydroxylation is 1. The monoisotopic (exact) mass is 601 g/mol. The third-order valence-corrected chi connectivity index (χ3v) is 9.45. The molecule has 0 N–H and O–H groups in total. The maximum absolute atomic E-state index is 2.46. The minimum atomic E-state index is 0.0858. The number of benzene rings is 7. The third-order valence-electron chi connectivity index (χ3n) is 9.45. The van der Waals surface area contributed by atoms with Gasteiger partial charge in [0.1, 0.15) is 0 Å². The van der Waals surface area contributed by atoms with Crippen LogP contribution in [0.15, 0.2) is 176 Å². The molecule has 3 nitrogen and oxygen atoms in total. The minimum Gasteiger partial charge on any atom is -0.311 e. The zero-order valence-corrected chi connectivity index (χ0v) is 26.2. The summed E-state index contributed by atoms with van der Waals surface area (Å²) < 4.78 is 0. The molecule has 7 aromatic rings. The Balaban J connectivity index is 1.33. The Bertz CT molecular complexity index is 2180. The lowest BCUT2D eigenvalue weighted by Gasteiger charge is -2.44. The van der Waals surface area contributed by atoms with Crippen LogP contribution in [0.3, 0.4) is 0 Å². The van der Waals surface area contributed by atoms with E-state index in [0.717, 1.165) is 22.7 Å². The fourth-order valence-corrected chi connectivity index (χ4v) is 7.48. The lowest BCUT2D eigenvalue weighted by Crippen LogP contribution is -2.61. The van der Waals surface area contributed by atoms with Gasteiger partial charge in [-0.25, -0.2) is 0 Å². The van der Waals surface area contributed by atoms with Crippen LogP contribution in [0, 0.1) is 6.92 Å². The number of anilines is 9. The van der Waals surface area contributed by atoms with Crippen molar-refractivity contribution in [2.24, 2.45) is 0 Å². The highest BCUT2D eigenvalue weighted by atomic mass is 15.2. The lowest BCUT2D eigenvalue weighted by atomic mass is 9.33. The average Bonchev–Trinajstić information content (AvgIpc) is 3.13.